The third-order valence-electron chi connectivity index (χ3n) is 2.05. The van der Waals surface area contributed by atoms with E-state index in [1.54, 1.807) is 36.4 Å². The van der Waals surface area contributed by atoms with Gasteiger partial charge in [0, 0.05) is 12.7 Å². The van der Waals surface area contributed by atoms with Gasteiger partial charge < -0.3 is 9.72 Å². The van der Waals surface area contributed by atoms with Crippen LogP contribution < -0.4 is 4.74 Å². The summed E-state index contributed by atoms with van der Waals surface area (Å²) in [5.74, 6) is 1.13. The molecule has 1 N–H and O–H groups in total. The van der Waals surface area contributed by atoms with Gasteiger partial charge in [-0.3, -0.25) is 4.79 Å². The van der Waals surface area contributed by atoms with Gasteiger partial charge in [0.15, 0.2) is 0 Å². The minimum absolute atomic E-state index is 0.301. The fraction of sp³-hybridized carbons (Fsp3) is 0.167. The predicted octanol–water partition coefficient (Wildman–Crippen LogP) is 2.63. The molecule has 0 aliphatic rings. The lowest BCUT2D eigenvalue weighted by Crippen LogP contribution is -2.00. The number of nitrogens with one attached hydrogen (secondary N) is 1. The first-order chi connectivity index (χ1) is 8.24. The van der Waals surface area contributed by atoms with Gasteiger partial charge in [-0.25, -0.2) is 4.98 Å². The van der Waals surface area contributed by atoms with Crippen LogP contribution in [0.4, 0.5) is 0 Å². The minimum Gasteiger partial charge on any atom is -0.427 e. The van der Waals surface area contributed by atoms with E-state index in [1.165, 1.54) is 12.5 Å². The van der Waals surface area contributed by atoms with Crippen LogP contribution in [0.2, 0.25) is 0 Å². The van der Waals surface area contributed by atoms with Gasteiger partial charge >= 0.3 is 5.97 Å². The van der Waals surface area contributed by atoms with Crippen molar-refractivity contribution in [1.82, 2.24) is 9.97 Å². The van der Waals surface area contributed by atoms with Gasteiger partial charge in [-0.05, 0) is 17.7 Å². The molecule has 1 aromatic heterocycles. The Morgan fingerprint density at radius 3 is 2.76 bits per heavy atom. The molecule has 0 bridgehead atoms. The van der Waals surface area contributed by atoms with Crippen LogP contribution in [-0.4, -0.2) is 15.9 Å². The summed E-state index contributed by atoms with van der Waals surface area (Å²) in [6.07, 6.45) is 3.45. The molecular weight excluding hydrogens is 236 g/mol. The van der Waals surface area contributed by atoms with E-state index >= 15 is 0 Å². The molecule has 1 aromatic carbocycles. The lowest BCUT2D eigenvalue weighted by Gasteiger charge is -2.03. The Morgan fingerprint density at radius 2 is 2.18 bits per heavy atom. The van der Waals surface area contributed by atoms with Gasteiger partial charge in [-0.1, -0.05) is 12.1 Å². The van der Waals surface area contributed by atoms with E-state index in [-0.39, 0.29) is 5.97 Å². The van der Waals surface area contributed by atoms with Crippen molar-refractivity contribution in [2.75, 3.05) is 0 Å². The van der Waals surface area contributed by atoms with Crippen molar-refractivity contribution in [2.24, 2.45) is 0 Å². The Bertz CT molecular complexity index is 480. The highest BCUT2D eigenvalue weighted by Gasteiger charge is 2.00. The quantitative estimate of drug-likeness (QED) is 0.513. The van der Waals surface area contributed by atoms with Gasteiger partial charge in [0.05, 0.1) is 17.6 Å². The zero-order valence-electron chi connectivity index (χ0n) is 9.34. The van der Waals surface area contributed by atoms with E-state index < -0.39 is 0 Å². The Labute approximate surface area is 103 Å². The number of hydrogen-bond donors (Lipinski definition) is 1. The van der Waals surface area contributed by atoms with Crippen LogP contribution in [0.15, 0.2) is 41.8 Å². The maximum absolute atomic E-state index is 10.7. The van der Waals surface area contributed by atoms with Gasteiger partial charge in [0.2, 0.25) is 0 Å². The van der Waals surface area contributed by atoms with Crippen LogP contribution >= 0.6 is 11.8 Å². The third kappa shape index (κ3) is 3.64. The number of aromatic amines is 1. The van der Waals surface area contributed by atoms with Crippen molar-refractivity contribution < 1.29 is 9.53 Å². The highest BCUT2D eigenvalue weighted by molar-refractivity contribution is 7.98. The number of H-pyrrole nitrogens is 1. The average Bonchev–Trinajstić information content (AvgIpc) is 2.80. The average molecular weight is 248 g/mol. The van der Waals surface area contributed by atoms with Crippen molar-refractivity contribution in [1.29, 1.82) is 0 Å². The van der Waals surface area contributed by atoms with E-state index in [0.717, 1.165) is 10.8 Å². The summed E-state index contributed by atoms with van der Waals surface area (Å²) in [6.45, 7) is 1.39. The molecular formula is C12H12N2O2S. The van der Waals surface area contributed by atoms with Crippen LogP contribution in [0.5, 0.6) is 5.75 Å². The molecule has 4 nitrogen and oxygen atoms in total. The fourth-order valence-corrected chi connectivity index (χ4v) is 2.09. The number of nitrogens with zero attached hydrogens (tertiary/aromatic N) is 1. The number of imidazole rings is 1. The number of aromatic nitrogens is 2. The van der Waals surface area contributed by atoms with Crippen molar-refractivity contribution in [3.63, 3.8) is 0 Å². The highest BCUT2D eigenvalue weighted by Crippen LogP contribution is 2.21. The molecule has 2 rings (SSSR count). The van der Waals surface area contributed by atoms with Gasteiger partial charge in [-0.15, -0.1) is 11.8 Å². The molecule has 0 fully saturated rings. The van der Waals surface area contributed by atoms with Crippen LogP contribution in [0, 0.1) is 0 Å². The van der Waals surface area contributed by atoms with E-state index in [0.29, 0.717) is 5.75 Å². The second-order valence-corrected chi connectivity index (χ2v) is 4.46. The van der Waals surface area contributed by atoms with Gasteiger partial charge in [0.1, 0.15) is 5.75 Å². The number of carbonyl (C=O) groups is 1. The predicted molar refractivity (Wildman–Crippen MR) is 65.9 cm³/mol. The van der Waals surface area contributed by atoms with Crippen molar-refractivity contribution in [3.05, 3.63) is 42.4 Å². The minimum atomic E-state index is -0.301. The summed E-state index contributed by atoms with van der Waals surface area (Å²) in [6, 6.07) is 7.48. The van der Waals surface area contributed by atoms with Crippen molar-refractivity contribution in [3.8, 4) is 5.75 Å². The molecule has 88 valence electrons. The summed E-state index contributed by atoms with van der Waals surface area (Å²) in [4.78, 5) is 17.7. The Kier molecular flexibility index (Phi) is 3.82. The molecule has 0 aliphatic carbocycles. The smallest absolute Gasteiger partial charge is 0.308 e. The summed E-state index contributed by atoms with van der Waals surface area (Å²) in [5, 5.41) is 1.04. The molecule has 0 amide bonds. The van der Waals surface area contributed by atoms with Crippen molar-refractivity contribution >= 4 is 17.7 Å². The maximum atomic E-state index is 10.7. The maximum Gasteiger partial charge on any atom is 0.308 e. The Morgan fingerprint density at radius 1 is 1.41 bits per heavy atom. The monoisotopic (exact) mass is 248 g/mol. The van der Waals surface area contributed by atoms with Crippen LogP contribution in [0.25, 0.3) is 0 Å². The first kappa shape index (κ1) is 11.7. The molecule has 0 saturated carbocycles. The van der Waals surface area contributed by atoms with Crippen molar-refractivity contribution in [2.45, 2.75) is 17.7 Å². The number of thioether (sulfide) groups is 1. The molecule has 0 aliphatic heterocycles. The zero-order valence-corrected chi connectivity index (χ0v) is 10.2. The summed E-state index contributed by atoms with van der Waals surface area (Å²) in [5.41, 5.74) is 1.17. The van der Waals surface area contributed by atoms with Crippen LogP contribution in [0.3, 0.4) is 0 Å². The SMILES string of the molecule is CC(=O)Oc1ccc(CSc2cnc[nH]2)cc1. The number of esters is 1. The Balaban J connectivity index is 1.91. The van der Waals surface area contributed by atoms with Gasteiger partial charge in [-0.2, -0.15) is 0 Å². The molecule has 2 aromatic rings. The molecule has 0 unspecified atom stereocenters. The largest absolute Gasteiger partial charge is 0.427 e. The molecule has 1 heterocycles. The fourth-order valence-electron chi connectivity index (χ4n) is 1.30. The topological polar surface area (TPSA) is 55.0 Å². The standard InChI is InChI=1S/C12H12N2O2S/c1-9(15)16-11-4-2-10(3-5-11)7-17-12-6-13-8-14-12/h2-6,8H,7H2,1H3,(H,13,14). The highest BCUT2D eigenvalue weighted by atomic mass is 32.2. The van der Waals surface area contributed by atoms with Crippen LogP contribution in [-0.2, 0) is 10.5 Å². The number of hydrogen-bond acceptors (Lipinski definition) is 4. The summed E-state index contributed by atoms with van der Waals surface area (Å²) in [7, 11) is 0. The number of benzene rings is 1. The number of carbonyl (C=O) groups excluding carboxylic acids is 1. The molecule has 5 heteroatoms. The summed E-state index contributed by atoms with van der Waals surface area (Å²) < 4.78 is 4.96. The zero-order chi connectivity index (χ0) is 12.1. The lowest BCUT2D eigenvalue weighted by atomic mass is 10.2. The summed E-state index contributed by atoms with van der Waals surface area (Å²) >= 11 is 1.67. The second kappa shape index (κ2) is 5.54. The van der Waals surface area contributed by atoms with Gasteiger partial charge in [0.25, 0.3) is 0 Å². The third-order valence-corrected chi connectivity index (χ3v) is 3.06. The molecule has 0 radical (unpaired) electrons. The van der Waals surface area contributed by atoms with E-state index in [9.17, 15) is 4.79 Å². The molecule has 0 saturated heterocycles. The molecule has 17 heavy (non-hydrogen) atoms. The second-order valence-electron chi connectivity index (χ2n) is 3.44. The van der Waals surface area contributed by atoms with E-state index in [4.69, 9.17) is 4.74 Å². The Hall–Kier alpha value is -1.75. The number of rotatable bonds is 4. The first-order valence-electron chi connectivity index (χ1n) is 5.12. The van der Waals surface area contributed by atoms with E-state index in [1.807, 2.05) is 12.1 Å². The molecule has 0 spiro atoms. The lowest BCUT2D eigenvalue weighted by molar-refractivity contribution is -0.131. The van der Waals surface area contributed by atoms with E-state index in [2.05, 4.69) is 9.97 Å². The van der Waals surface area contributed by atoms with Crippen LogP contribution in [0.1, 0.15) is 12.5 Å². The normalized spacial score (nSPS) is 10.2. The molecule has 0 atom stereocenters. The number of ether oxygens (including phenoxy) is 1. The first-order valence-corrected chi connectivity index (χ1v) is 6.11.